The van der Waals surface area contributed by atoms with E-state index in [0.29, 0.717) is 5.56 Å². The van der Waals surface area contributed by atoms with E-state index in [1.807, 2.05) is 10.9 Å². The second-order valence-electron chi connectivity index (χ2n) is 4.07. The minimum atomic E-state index is -3.93. The van der Waals surface area contributed by atoms with Crippen LogP contribution in [0.15, 0.2) is 59.5 Å². The summed E-state index contributed by atoms with van der Waals surface area (Å²) in [5.74, 6) is -0.574. The maximum absolute atomic E-state index is 12.0. The van der Waals surface area contributed by atoms with Crippen molar-refractivity contribution in [3.8, 4) is 6.07 Å². The lowest BCUT2D eigenvalue weighted by molar-refractivity contribution is 0.0945. The summed E-state index contributed by atoms with van der Waals surface area (Å²) in [7, 11) is -3.93. The van der Waals surface area contributed by atoms with Crippen molar-refractivity contribution >= 4 is 15.9 Å². The van der Waals surface area contributed by atoms with E-state index < -0.39 is 15.9 Å². The zero-order valence-corrected chi connectivity index (χ0v) is 11.6. The molecular formula is C14H11N3O3S. The molecule has 0 aliphatic heterocycles. The Balaban J connectivity index is 2.12. The number of hydrazine groups is 1. The highest BCUT2D eigenvalue weighted by Gasteiger charge is 2.16. The van der Waals surface area contributed by atoms with Crippen LogP contribution in [0.25, 0.3) is 0 Å². The summed E-state index contributed by atoms with van der Waals surface area (Å²) in [4.78, 5) is 13.6. The Morgan fingerprint density at radius 2 is 1.76 bits per heavy atom. The van der Waals surface area contributed by atoms with Crippen molar-refractivity contribution in [2.24, 2.45) is 0 Å². The minimum Gasteiger partial charge on any atom is -0.273 e. The number of hydrogen-bond acceptors (Lipinski definition) is 4. The van der Waals surface area contributed by atoms with Gasteiger partial charge in [0.1, 0.15) is 0 Å². The van der Waals surface area contributed by atoms with Crippen molar-refractivity contribution in [2.45, 2.75) is 4.90 Å². The van der Waals surface area contributed by atoms with Crippen LogP contribution in [0.5, 0.6) is 0 Å². The van der Waals surface area contributed by atoms with Crippen LogP contribution in [-0.2, 0) is 10.0 Å². The Morgan fingerprint density at radius 3 is 2.43 bits per heavy atom. The summed E-state index contributed by atoms with van der Waals surface area (Å²) in [6.45, 7) is 0. The van der Waals surface area contributed by atoms with Crippen molar-refractivity contribution in [1.82, 2.24) is 10.3 Å². The lowest BCUT2D eigenvalue weighted by atomic mass is 10.2. The first kappa shape index (κ1) is 14.7. The number of nitriles is 1. The summed E-state index contributed by atoms with van der Waals surface area (Å²) in [5.41, 5.74) is 2.66. The quantitative estimate of drug-likeness (QED) is 0.828. The first-order valence-electron chi connectivity index (χ1n) is 5.90. The van der Waals surface area contributed by atoms with Gasteiger partial charge in [-0.1, -0.05) is 24.3 Å². The molecular weight excluding hydrogens is 290 g/mol. The molecule has 0 atom stereocenters. The first-order chi connectivity index (χ1) is 10.0. The number of nitrogens with one attached hydrogen (secondary N) is 2. The molecule has 2 aromatic rings. The molecule has 0 bridgehead atoms. The van der Waals surface area contributed by atoms with E-state index in [4.69, 9.17) is 5.26 Å². The van der Waals surface area contributed by atoms with Gasteiger partial charge in [0.15, 0.2) is 0 Å². The number of hydrogen-bond donors (Lipinski definition) is 2. The average molecular weight is 301 g/mol. The fourth-order valence-corrected chi connectivity index (χ4v) is 2.45. The Hall–Kier alpha value is -2.69. The van der Waals surface area contributed by atoms with Crippen LogP contribution in [0.1, 0.15) is 15.9 Å². The zero-order valence-electron chi connectivity index (χ0n) is 10.8. The summed E-state index contributed by atoms with van der Waals surface area (Å²) in [6, 6.07) is 15.5. The van der Waals surface area contributed by atoms with E-state index in [0.717, 1.165) is 0 Å². The Morgan fingerprint density at radius 1 is 1.05 bits per heavy atom. The third kappa shape index (κ3) is 3.66. The van der Waals surface area contributed by atoms with Gasteiger partial charge in [-0.3, -0.25) is 10.2 Å². The van der Waals surface area contributed by atoms with Crippen LogP contribution < -0.4 is 10.3 Å². The molecule has 2 N–H and O–H groups in total. The van der Waals surface area contributed by atoms with E-state index in [-0.39, 0.29) is 10.5 Å². The maximum atomic E-state index is 12.0. The van der Waals surface area contributed by atoms with Crippen LogP contribution in [0.2, 0.25) is 0 Å². The van der Waals surface area contributed by atoms with Crippen LogP contribution in [0, 0.1) is 11.3 Å². The highest BCUT2D eigenvalue weighted by molar-refractivity contribution is 7.89. The van der Waals surface area contributed by atoms with Gasteiger partial charge in [-0.15, -0.1) is 4.83 Å². The molecule has 0 heterocycles. The number of sulfonamides is 1. The number of nitrogens with zero attached hydrogens (tertiary/aromatic N) is 1. The maximum Gasteiger partial charge on any atom is 0.266 e. The fraction of sp³-hybridized carbons (Fsp3) is 0. The lowest BCUT2D eigenvalue weighted by Crippen LogP contribution is -2.41. The van der Waals surface area contributed by atoms with Crippen LogP contribution in [0.3, 0.4) is 0 Å². The fourth-order valence-electron chi connectivity index (χ4n) is 1.57. The number of carbonyl (C=O) groups excluding carboxylic acids is 1. The molecule has 106 valence electrons. The number of carbonyl (C=O) groups is 1. The van der Waals surface area contributed by atoms with Crippen molar-refractivity contribution < 1.29 is 13.2 Å². The average Bonchev–Trinajstić information content (AvgIpc) is 2.53. The van der Waals surface area contributed by atoms with E-state index in [2.05, 4.69) is 5.43 Å². The van der Waals surface area contributed by atoms with Crippen molar-refractivity contribution in [2.75, 3.05) is 0 Å². The van der Waals surface area contributed by atoms with E-state index in [1.54, 1.807) is 30.3 Å². The van der Waals surface area contributed by atoms with Crippen molar-refractivity contribution in [3.63, 3.8) is 0 Å². The molecule has 2 aromatic carbocycles. The Kier molecular flexibility index (Phi) is 4.33. The summed E-state index contributed by atoms with van der Waals surface area (Å²) in [6.07, 6.45) is 0. The van der Waals surface area contributed by atoms with E-state index in [9.17, 15) is 13.2 Å². The van der Waals surface area contributed by atoms with Crippen LogP contribution >= 0.6 is 0 Å². The smallest absolute Gasteiger partial charge is 0.266 e. The molecule has 0 spiro atoms. The molecule has 1 amide bonds. The molecule has 21 heavy (non-hydrogen) atoms. The molecule has 0 aromatic heterocycles. The Labute approximate surface area is 122 Å². The highest BCUT2D eigenvalue weighted by Crippen LogP contribution is 2.10. The van der Waals surface area contributed by atoms with E-state index in [1.165, 1.54) is 24.3 Å². The molecule has 2 rings (SSSR count). The predicted molar refractivity (Wildman–Crippen MR) is 75.4 cm³/mol. The second-order valence-corrected chi connectivity index (χ2v) is 5.75. The number of benzene rings is 2. The van der Waals surface area contributed by atoms with Crippen molar-refractivity contribution in [3.05, 3.63) is 65.7 Å². The van der Waals surface area contributed by atoms with Crippen molar-refractivity contribution in [1.29, 1.82) is 5.26 Å². The lowest BCUT2D eigenvalue weighted by Gasteiger charge is -2.08. The van der Waals surface area contributed by atoms with Gasteiger partial charge in [0.25, 0.3) is 15.9 Å². The van der Waals surface area contributed by atoms with Crippen LogP contribution in [0.4, 0.5) is 0 Å². The predicted octanol–water partition coefficient (Wildman–Crippen LogP) is 1.18. The van der Waals surface area contributed by atoms with Gasteiger partial charge in [-0.05, 0) is 30.3 Å². The zero-order chi connectivity index (χ0) is 15.3. The normalized spacial score (nSPS) is 10.6. The number of amides is 1. The van der Waals surface area contributed by atoms with E-state index >= 15 is 0 Å². The largest absolute Gasteiger partial charge is 0.273 e. The van der Waals surface area contributed by atoms with Gasteiger partial charge in [0, 0.05) is 5.56 Å². The Bertz CT molecular complexity index is 796. The summed E-state index contributed by atoms with van der Waals surface area (Å²) in [5, 5.41) is 8.76. The van der Waals surface area contributed by atoms with Crippen LogP contribution in [-0.4, -0.2) is 14.3 Å². The van der Waals surface area contributed by atoms with Gasteiger partial charge >= 0.3 is 0 Å². The molecule has 0 radical (unpaired) electrons. The molecule has 0 aliphatic rings. The third-order valence-corrected chi connectivity index (χ3v) is 3.85. The van der Waals surface area contributed by atoms with Gasteiger partial charge < -0.3 is 0 Å². The first-order valence-corrected chi connectivity index (χ1v) is 7.38. The SMILES string of the molecule is N#Cc1cccc(S(=O)(=O)NNC(=O)c2ccccc2)c1. The van der Waals surface area contributed by atoms with Gasteiger partial charge in [0.05, 0.1) is 16.5 Å². The molecule has 0 saturated heterocycles. The second kappa shape index (κ2) is 6.17. The molecule has 0 unspecified atom stereocenters. The molecule has 7 heteroatoms. The molecule has 0 fully saturated rings. The summed E-state index contributed by atoms with van der Waals surface area (Å²) < 4.78 is 24.0. The monoisotopic (exact) mass is 301 g/mol. The highest BCUT2D eigenvalue weighted by atomic mass is 32.2. The van der Waals surface area contributed by atoms with Gasteiger partial charge in [-0.25, -0.2) is 8.42 Å². The topological polar surface area (TPSA) is 99.1 Å². The minimum absolute atomic E-state index is 0.102. The number of rotatable bonds is 4. The molecule has 0 aliphatic carbocycles. The standard InChI is InChI=1S/C14H11N3O3S/c15-10-11-5-4-8-13(9-11)21(19,20)17-16-14(18)12-6-2-1-3-7-12/h1-9,17H,(H,16,18). The third-order valence-electron chi connectivity index (χ3n) is 2.61. The molecule has 6 nitrogen and oxygen atoms in total. The molecule has 0 saturated carbocycles. The van der Waals surface area contributed by atoms with Gasteiger partial charge in [0.2, 0.25) is 0 Å². The summed E-state index contributed by atoms with van der Waals surface area (Å²) >= 11 is 0. The van der Waals surface area contributed by atoms with Gasteiger partial charge in [-0.2, -0.15) is 5.26 Å².